The number of imide groups is 1. The zero-order valence-electron chi connectivity index (χ0n) is 18.9. The number of aldehydes is 1. The van der Waals surface area contributed by atoms with E-state index in [-0.39, 0.29) is 47.6 Å². The molecule has 1 aliphatic heterocycles. The van der Waals surface area contributed by atoms with Crippen molar-refractivity contribution in [3.63, 3.8) is 0 Å². The number of sulfone groups is 1. The summed E-state index contributed by atoms with van der Waals surface area (Å²) in [5.74, 6) is -1.47. The highest BCUT2D eigenvalue weighted by molar-refractivity contribution is 7.91. The predicted molar refractivity (Wildman–Crippen MR) is 121 cm³/mol. The summed E-state index contributed by atoms with van der Waals surface area (Å²) >= 11 is 0. The number of amides is 3. The SMILES string of the molecule is CCCCS(=O)(=O)c1cc(C)c(C=O)c(OCC(CNC(=O)CNC)N2C(=O)C=CC2=O)c1. The van der Waals surface area contributed by atoms with Crippen LogP contribution in [0.1, 0.15) is 35.7 Å². The minimum Gasteiger partial charge on any atom is -0.491 e. The third kappa shape index (κ3) is 6.72. The van der Waals surface area contributed by atoms with Gasteiger partial charge in [0, 0.05) is 18.7 Å². The molecule has 0 saturated carbocycles. The second kappa shape index (κ2) is 11.7. The molecule has 0 saturated heterocycles. The smallest absolute Gasteiger partial charge is 0.254 e. The fraction of sp³-hybridized carbons (Fsp3) is 0.455. The van der Waals surface area contributed by atoms with Crippen LogP contribution in [-0.4, -0.2) is 75.9 Å². The van der Waals surface area contributed by atoms with E-state index in [1.165, 1.54) is 12.1 Å². The van der Waals surface area contributed by atoms with E-state index < -0.39 is 27.7 Å². The number of ether oxygens (including phenoxy) is 1. The molecule has 0 radical (unpaired) electrons. The molecule has 1 atom stereocenters. The molecule has 180 valence electrons. The van der Waals surface area contributed by atoms with Gasteiger partial charge in [0.25, 0.3) is 11.8 Å². The number of nitrogens with one attached hydrogen (secondary N) is 2. The molecule has 0 fully saturated rings. The molecule has 1 unspecified atom stereocenters. The van der Waals surface area contributed by atoms with Gasteiger partial charge in [-0.25, -0.2) is 8.42 Å². The fourth-order valence-corrected chi connectivity index (χ4v) is 4.82. The Balaban J connectivity index is 2.31. The average molecular weight is 480 g/mol. The third-order valence-corrected chi connectivity index (χ3v) is 6.86. The summed E-state index contributed by atoms with van der Waals surface area (Å²) in [4.78, 5) is 48.8. The van der Waals surface area contributed by atoms with Crippen LogP contribution in [0.3, 0.4) is 0 Å². The number of benzene rings is 1. The summed E-state index contributed by atoms with van der Waals surface area (Å²) in [5.41, 5.74) is 0.589. The van der Waals surface area contributed by atoms with Crippen molar-refractivity contribution in [2.45, 2.75) is 37.6 Å². The molecule has 0 aliphatic carbocycles. The van der Waals surface area contributed by atoms with Crippen molar-refractivity contribution in [2.24, 2.45) is 0 Å². The Hall–Kier alpha value is -3.05. The number of carbonyl (C=O) groups is 4. The molecule has 10 nitrogen and oxygen atoms in total. The van der Waals surface area contributed by atoms with Gasteiger partial charge in [0.05, 0.1) is 28.8 Å². The normalized spacial score (nSPS) is 14.5. The summed E-state index contributed by atoms with van der Waals surface area (Å²) in [7, 11) is -1.98. The number of aryl methyl sites for hydroxylation is 1. The highest BCUT2D eigenvalue weighted by atomic mass is 32.2. The minimum atomic E-state index is -3.58. The lowest BCUT2D eigenvalue weighted by molar-refractivity contribution is -0.140. The lowest BCUT2D eigenvalue weighted by Gasteiger charge is -2.27. The van der Waals surface area contributed by atoms with Gasteiger partial charge in [0.15, 0.2) is 16.1 Å². The molecular weight excluding hydrogens is 450 g/mol. The number of unbranched alkanes of at least 4 members (excludes halogenated alkanes) is 1. The Labute approximate surface area is 193 Å². The first-order chi connectivity index (χ1) is 15.6. The summed E-state index contributed by atoms with van der Waals surface area (Å²) in [6, 6.07) is 1.83. The second-order valence-electron chi connectivity index (χ2n) is 7.62. The highest BCUT2D eigenvalue weighted by Crippen LogP contribution is 2.27. The number of rotatable bonds is 13. The van der Waals surface area contributed by atoms with Gasteiger partial charge in [-0.2, -0.15) is 0 Å². The number of hydrogen-bond donors (Lipinski definition) is 2. The molecule has 2 N–H and O–H groups in total. The van der Waals surface area contributed by atoms with E-state index >= 15 is 0 Å². The Kier molecular flexibility index (Phi) is 9.30. The number of carbonyl (C=O) groups excluding carboxylic acids is 4. The standard InChI is InChI=1S/C22H29N3O7S/c1-4-5-8-33(30,31)17-9-15(2)18(13-26)19(10-17)32-14-16(11-24-20(27)12-23-3)25-21(28)6-7-22(25)29/h6-7,9-10,13,16,23H,4-5,8,11-12,14H2,1-3H3,(H,24,27). The van der Waals surface area contributed by atoms with Crippen LogP contribution in [-0.2, 0) is 24.2 Å². The first kappa shape index (κ1) is 26.2. The van der Waals surface area contributed by atoms with E-state index in [9.17, 15) is 27.6 Å². The average Bonchev–Trinajstić information content (AvgIpc) is 3.10. The summed E-state index contributed by atoms with van der Waals surface area (Å²) in [5, 5.41) is 5.31. The molecule has 1 heterocycles. The van der Waals surface area contributed by atoms with Crippen molar-refractivity contribution >= 4 is 33.8 Å². The Morgan fingerprint density at radius 1 is 1.21 bits per heavy atom. The lowest BCUT2D eigenvalue weighted by Crippen LogP contribution is -2.50. The van der Waals surface area contributed by atoms with Gasteiger partial charge in [-0.05, 0) is 38.1 Å². The number of nitrogens with zero attached hydrogens (tertiary/aromatic N) is 1. The van der Waals surface area contributed by atoms with Crippen LogP contribution in [0.4, 0.5) is 0 Å². The van der Waals surface area contributed by atoms with Crippen molar-refractivity contribution in [1.82, 2.24) is 15.5 Å². The summed E-state index contributed by atoms with van der Waals surface area (Å²) < 4.78 is 31.1. The molecule has 1 aromatic carbocycles. The van der Waals surface area contributed by atoms with Crippen molar-refractivity contribution in [3.05, 3.63) is 35.4 Å². The molecule has 0 spiro atoms. The molecule has 33 heavy (non-hydrogen) atoms. The summed E-state index contributed by atoms with van der Waals surface area (Å²) in [6.45, 7) is 3.19. The fourth-order valence-electron chi connectivity index (χ4n) is 3.27. The molecule has 2 rings (SSSR count). The minimum absolute atomic E-state index is 0.0266. The predicted octanol–water partition coefficient (Wildman–Crippen LogP) is 0.389. The van der Waals surface area contributed by atoms with Gasteiger partial charge in [-0.15, -0.1) is 0 Å². The van der Waals surface area contributed by atoms with E-state index in [1.54, 1.807) is 14.0 Å². The van der Waals surface area contributed by atoms with E-state index in [2.05, 4.69) is 10.6 Å². The highest BCUT2D eigenvalue weighted by Gasteiger charge is 2.32. The van der Waals surface area contributed by atoms with Crippen molar-refractivity contribution in [1.29, 1.82) is 0 Å². The van der Waals surface area contributed by atoms with Gasteiger partial charge in [0.1, 0.15) is 12.4 Å². The van der Waals surface area contributed by atoms with Crippen LogP contribution in [0.2, 0.25) is 0 Å². The van der Waals surface area contributed by atoms with Gasteiger partial charge >= 0.3 is 0 Å². The Morgan fingerprint density at radius 2 is 1.88 bits per heavy atom. The maximum atomic E-state index is 12.7. The van der Waals surface area contributed by atoms with E-state index in [0.717, 1.165) is 17.1 Å². The van der Waals surface area contributed by atoms with E-state index in [1.807, 2.05) is 6.92 Å². The van der Waals surface area contributed by atoms with Gasteiger partial charge in [-0.3, -0.25) is 24.1 Å². The van der Waals surface area contributed by atoms with Crippen LogP contribution in [0.25, 0.3) is 0 Å². The van der Waals surface area contributed by atoms with Gasteiger partial charge < -0.3 is 15.4 Å². The topological polar surface area (TPSA) is 139 Å². The first-order valence-electron chi connectivity index (χ1n) is 10.6. The second-order valence-corrected chi connectivity index (χ2v) is 9.73. The van der Waals surface area contributed by atoms with Crippen molar-refractivity contribution < 1.29 is 32.3 Å². The van der Waals surface area contributed by atoms with Gasteiger partial charge in [0.2, 0.25) is 5.91 Å². The Morgan fingerprint density at radius 3 is 2.45 bits per heavy atom. The van der Waals surface area contributed by atoms with E-state index in [4.69, 9.17) is 4.74 Å². The Bertz CT molecular complexity index is 1030. The van der Waals surface area contributed by atoms with Crippen LogP contribution in [0, 0.1) is 6.92 Å². The van der Waals surface area contributed by atoms with Crippen molar-refractivity contribution in [2.75, 3.05) is 32.5 Å². The quantitative estimate of drug-likeness (QED) is 0.306. The molecular formula is C22H29N3O7S. The molecule has 0 aromatic heterocycles. The number of hydrogen-bond acceptors (Lipinski definition) is 8. The molecule has 11 heteroatoms. The van der Waals surface area contributed by atoms with Gasteiger partial charge in [-0.1, -0.05) is 13.3 Å². The zero-order valence-corrected chi connectivity index (χ0v) is 19.7. The molecule has 3 amide bonds. The molecule has 1 aromatic rings. The van der Waals surface area contributed by atoms with Crippen LogP contribution < -0.4 is 15.4 Å². The molecule has 1 aliphatic rings. The zero-order chi connectivity index (χ0) is 24.6. The monoisotopic (exact) mass is 479 g/mol. The van der Waals surface area contributed by atoms with E-state index in [0.29, 0.717) is 24.7 Å². The van der Waals surface area contributed by atoms with Crippen LogP contribution >= 0.6 is 0 Å². The number of likely N-dealkylation sites (N-methyl/N-ethyl adjacent to an activating group) is 1. The van der Waals surface area contributed by atoms with Crippen LogP contribution in [0.15, 0.2) is 29.2 Å². The van der Waals surface area contributed by atoms with Crippen molar-refractivity contribution in [3.8, 4) is 5.75 Å². The first-order valence-corrected chi connectivity index (χ1v) is 12.2. The molecule has 0 bridgehead atoms. The lowest BCUT2D eigenvalue weighted by atomic mass is 10.1. The third-order valence-electron chi connectivity index (χ3n) is 5.08. The maximum absolute atomic E-state index is 12.7. The largest absolute Gasteiger partial charge is 0.491 e. The van der Waals surface area contributed by atoms with Crippen LogP contribution in [0.5, 0.6) is 5.75 Å². The maximum Gasteiger partial charge on any atom is 0.254 e. The summed E-state index contributed by atoms with van der Waals surface area (Å²) in [6.07, 6.45) is 4.00.